The third-order valence-corrected chi connectivity index (χ3v) is 3.05. The van der Waals surface area contributed by atoms with Crippen LogP contribution in [0.15, 0.2) is 35.8 Å². The zero-order valence-electron chi connectivity index (χ0n) is 12.0. The number of amides is 1. The van der Waals surface area contributed by atoms with Crippen LogP contribution in [-0.4, -0.2) is 19.0 Å². The molecule has 0 aromatic heterocycles. The monoisotopic (exact) mass is 327 g/mol. The Kier molecular flexibility index (Phi) is 5.05. The molecule has 0 saturated heterocycles. The highest BCUT2D eigenvalue weighted by Crippen LogP contribution is 2.17. The Morgan fingerprint density at radius 3 is 2.43 bits per heavy atom. The molecule has 0 aliphatic carbocycles. The van der Waals surface area contributed by atoms with Gasteiger partial charge in [0.15, 0.2) is 0 Å². The number of esters is 1. The largest absolute Gasteiger partial charge is 0.463 e. The molecule has 2 rings (SSSR count). The fourth-order valence-corrected chi connectivity index (χ4v) is 1.83. The highest BCUT2D eigenvalue weighted by atomic mass is 19.1. The second-order valence-corrected chi connectivity index (χ2v) is 4.56. The Hall–Kier alpha value is -2.77. The molecule has 0 fully saturated rings. The van der Waals surface area contributed by atoms with Gasteiger partial charge in [-0.3, -0.25) is 4.79 Å². The second-order valence-electron chi connectivity index (χ2n) is 4.56. The van der Waals surface area contributed by atoms with Crippen molar-refractivity contribution in [3.8, 4) is 0 Å². The quantitative estimate of drug-likeness (QED) is 0.860. The van der Waals surface area contributed by atoms with E-state index in [0.29, 0.717) is 12.1 Å². The number of carbonyl (C=O) groups is 2. The molecular formula is C15H12F3NO4. The van der Waals surface area contributed by atoms with Gasteiger partial charge in [-0.15, -0.1) is 0 Å². The molecule has 0 bridgehead atoms. The summed E-state index contributed by atoms with van der Waals surface area (Å²) in [5, 5.41) is 2.29. The Bertz CT molecular complexity index is 690. The zero-order valence-corrected chi connectivity index (χ0v) is 12.0. The average Bonchev–Trinajstić information content (AvgIpc) is 2.53. The van der Waals surface area contributed by atoms with Crippen molar-refractivity contribution in [2.45, 2.75) is 13.0 Å². The van der Waals surface area contributed by atoms with Crippen LogP contribution in [0.5, 0.6) is 0 Å². The predicted molar refractivity (Wildman–Crippen MR) is 72.0 cm³/mol. The first-order valence-corrected chi connectivity index (χ1v) is 6.48. The van der Waals surface area contributed by atoms with Crippen LogP contribution in [0.25, 0.3) is 0 Å². The van der Waals surface area contributed by atoms with E-state index in [1.54, 1.807) is 0 Å². The van der Waals surface area contributed by atoms with Crippen LogP contribution in [-0.2, 0) is 25.6 Å². The first-order valence-electron chi connectivity index (χ1n) is 6.48. The van der Waals surface area contributed by atoms with Gasteiger partial charge in [-0.2, -0.15) is 0 Å². The number of hydrogen-bond donors (Lipinski definition) is 1. The number of allylic oxidation sites excluding steroid dienone is 1. The molecule has 5 nitrogen and oxygen atoms in total. The van der Waals surface area contributed by atoms with Crippen LogP contribution in [0.4, 0.5) is 13.2 Å². The van der Waals surface area contributed by atoms with E-state index in [9.17, 15) is 22.8 Å². The molecule has 1 aromatic carbocycles. The lowest BCUT2D eigenvalue weighted by atomic mass is 10.1. The van der Waals surface area contributed by atoms with E-state index < -0.39 is 41.4 Å². The Labute approximate surface area is 129 Å². The summed E-state index contributed by atoms with van der Waals surface area (Å²) in [6.07, 6.45) is 2.49. The minimum Gasteiger partial charge on any atom is -0.463 e. The summed E-state index contributed by atoms with van der Waals surface area (Å²) in [6.45, 7) is -0.457. The van der Waals surface area contributed by atoms with Gasteiger partial charge in [-0.25, -0.2) is 18.0 Å². The summed E-state index contributed by atoms with van der Waals surface area (Å²) in [4.78, 5) is 23.1. The lowest BCUT2D eigenvalue weighted by Gasteiger charge is -2.13. The molecule has 1 N–H and O–H groups in total. The third-order valence-electron chi connectivity index (χ3n) is 3.05. The molecule has 1 heterocycles. The maximum absolute atomic E-state index is 13.5. The van der Waals surface area contributed by atoms with E-state index >= 15 is 0 Å². The van der Waals surface area contributed by atoms with Gasteiger partial charge in [0.1, 0.15) is 23.7 Å². The van der Waals surface area contributed by atoms with Crippen LogP contribution in [0.1, 0.15) is 12.0 Å². The normalized spacial score (nSPS) is 13.6. The van der Waals surface area contributed by atoms with Gasteiger partial charge < -0.3 is 14.8 Å². The van der Waals surface area contributed by atoms with E-state index in [4.69, 9.17) is 4.74 Å². The standard InChI is InChI=1S/C15H12F3NO4/c1-22-15(21)13-3-2-8(7-23-13)14(20)19-6-10-11(17)4-9(16)5-12(10)18/h3-5,7H,2,6H2,1H3,(H,19,20). The number of benzene rings is 1. The van der Waals surface area contributed by atoms with Crippen LogP contribution in [0.3, 0.4) is 0 Å². The molecule has 0 radical (unpaired) electrons. The summed E-state index contributed by atoms with van der Waals surface area (Å²) in [5.41, 5.74) is -0.302. The van der Waals surface area contributed by atoms with Crippen molar-refractivity contribution in [1.82, 2.24) is 5.32 Å². The second kappa shape index (κ2) is 6.99. The Morgan fingerprint density at radius 2 is 1.91 bits per heavy atom. The van der Waals surface area contributed by atoms with E-state index in [2.05, 4.69) is 10.1 Å². The topological polar surface area (TPSA) is 64.6 Å². The Morgan fingerprint density at radius 1 is 1.26 bits per heavy atom. The molecule has 1 amide bonds. The number of rotatable bonds is 4. The molecule has 1 aromatic rings. The van der Waals surface area contributed by atoms with Crippen molar-refractivity contribution in [2.24, 2.45) is 0 Å². The molecule has 1 aliphatic heterocycles. The first kappa shape index (κ1) is 16.6. The summed E-state index contributed by atoms with van der Waals surface area (Å²) in [6, 6.07) is 1.05. The van der Waals surface area contributed by atoms with Crippen LogP contribution in [0, 0.1) is 17.5 Å². The van der Waals surface area contributed by atoms with Crippen molar-refractivity contribution >= 4 is 11.9 Å². The van der Waals surface area contributed by atoms with Gasteiger partial charge in [-0.1, -0.05) is 0 Å². The summed E-state index contributed by atoms with van der Waals surface area (Å²) in [7, 11) is 1.18. The number of ether oxygens (including phenoxy) is 2. The van der Waals surface area contributed by atoms with Crippen LogP contribution >= 0.6 is 0 Å². The van der Waals surface area contributed by atoms with Gasteiger partial charge in [0.2, 0.25) is 5.76 Å². The molecule has 1 aliphatic rings. The molecule has 0 unspecified atom stereocenters. The first-order chi connectivity index (χ1) is 10.9. The molecule has 0 atom stereocenters. The van der Waals surface area contributed by atoms with Gasteiger partial charge in [0.25, 0.3) is 5.91 Å². The van der Waals surface area contributed by atoms with Gasteiger partial charge in [0.05, 0.1) is 12.7 Å². The zero-order chi connectivity index (χ0) is 17.0. The number of methoxy groups -OCH3 is 1. The average molecular weight is 327 g/mol. The smallest absolute Gasteiger partial charge is 0.373 e. The minimum absolute atomic E-state index is 0.0559. The molecule has 23 heavy (non-hydrogen) atoms. The van der Waals surface area contributed by atoms with E-state index in [1.165, 1.54) is 13.2 Å². The maximum Gasteiger partial charge on any atom is 0.373 e. The Balaban J connectivity index is 1.97. The van der Waals surface area contributed by atoms with E-state index in [1.807, 2.05) is 0 Å². The van der Waals surface area contributed by atoms with Crippen molar-refractivity contribution in [2.75, 3.05) is 7.11 Å². The van der Waals surface area contributed by atoms with Crippen molar-refractivity contribution in [1.29, 1.82) is 0 Å². The lowest BCUT2D eigenvalue weighted by Crippen LogP contribution is -2.26. The fraction of sp³-hybridized carbons (Fsp3) is 0.200. The number of hydrogen-bond acceptors (Lipinski definition) is 4. The highest BCUT2D eigenvalue weighted by molar-refractivity contribution is 5.94. The van der Waals surface area contributed by atoms with Crippen LogP contribution in [0.2, 0.25) is 0 Å². The summed E-state index contributed by atoms with van der Waals surface area (Å²) in [5.74, 6) is -4.60. The fourth-order valence-electron chi connectivity index (χ4n) is 1.83. The van der Waals surface area contributed by atoms with Crippen molar-refractivity contribution < 1.29 is 32.2 Å². The summed E-state index contributed by atoms with van der Waals surface area (Å²) < 4.78 is 49.1. The van der Waals surface area contributed by atoms with Gasteiger partial charge in [0, 0.05) is 30.7 Å². The molecule has 0 saturated carbocycles. The van der Waals surface area contributed by atoms with E-state index in [0.717, 1.165) is 6.26 Å². The number of halogens is 3. The lowest BCUT2D eigenvalue weighted by molar-refractivity contribution is -0.139. The molecule has 0 spiro atoms. The van der Waals surface area contributed by atoms with E-state index in [-0.39, 0.29) is 17.8 Å². The van der Waals surface area contributed by atoms with Crippen LogP contribution < -0.4 is 5.32 Å². The van der Waals surface area contributed by atoms with Gasteiger partial charge >= 0.3 is 5.97 Å². The number of nitrogens with one attached hydrogen (secondary N) is 1. The highest BCUT2D eigenvalue weighted by Gasteiger charge is 2.19. The minimum atomic E-state index is -1.09. The maximum atomic E-state index is 13.5. The molecular weight excluding hydrogens is 315 g/mol. The molecule has 122 valence electrons. The SMILES string of the molecule is COC(=O)C1=CCC(C(=O)NCc2c(F)cc(F)cc2F)=CO1. The third kappa shape index (κ3) is 3.91. The van der Waals surface area contributed by atoms with Gasteiger partial charge in [-0.05, 0) is 6.08 Å². The predicted octanol–water partition coefficient (Wildman–Crippen LogP) is 2.08. The van der Waals surface area contributed by atoms with Crippen molar-refractivity contribution in [3.05, 3.63) is 58.8 Å². The van der Waals surface area contributed by atoms with Crippen molar-refractivity contribution in [3.63, 3.8) is 0 Å². The number of carbonyl (C=O) groups excluding carboxylic acids is 2. The molecule has 8 heteroatoms. The summed E-state index contributed by atoms with van der Waals surface area (Å²) >= 11 is 0.